The zero-order chi connectivity index (χ0) is 20.2. The van der Waals surface area contributed by atoms with Gasteiger partial charge in [-0.1, -0.05) is 6.07 Å². The van der Waals surface area contributed by atoms with Crippen molar-refractivity contribution >= 4 is 23.2 Å². The Hall–Kier alpha value is -4.07. The molecule has 4 rings (SSSR count). The fourth-order valence-electron chi connectivity index (χ4n) is 2.77. The number of methoxy groups -OCH3 is 1. The maximum atomic E-state index is 12.6. The Balaban J connectivity index is 1.47. The van der Waals surface area contributed by atoms with Gasteiger partial charge in [0.05, 0.1) is 18.2 Å². The molecular formula is C21H17N3O5. The third kappa shape index (κ3) is 4.11. The van der Waals surface area contributed by atoms with E-state index in [-0.39, 0.29) is 23.8 Å². The van der Waals surface area contributed by atoms with Gasteiger partial charge in [-0.05, 0) is 30.3 Å². The molecule has 29 heavy (non-hydrogen) atoms. The van der Waals surface area contributed by atoms with Crippen LogP contribution in [0, 0.1) is 0 Å². The molecule has 0 fully saturated rings. The molecule has 0 bridgehead atoms. The smallest absolute Gasteiger partial charge is 0.257 e. The van der Waals surface area contributed by atoms with Crippen molar-refractivity contribution in [1.82, 2.24) is 4.98 Å². The molecule has 0 aliphatic carbocycles. The van der Waals surface area contributed by atoms with E-state index in [2.05, 4.69) is 15.6 Å². The number of aromatic nitrogens is 1. The summed E-state index contributed by atoms with van der Waals surface area (Å²) in [7, 11) is 1.55. The van der Waals surface area contributed by atoms with Crippen LogP contribution in [0.15, 0.2) is 60.9 Å². The maximum Gasteiger partial charge on any atom is 0.257 e. The molecule has 0 atom stereocenters. The highest BCUT2D eigenvalue weighted by molar-refractivity contribution is 6.08. The predicted octanol–water partition coefficient (Wildman–Crippen LogP) is 3.32. The van der Waals surface area contributed by atoms with Crippen molar-refractivity contribution in [3.8, 4) is 17.2 Å². The van der Waals surface area contributed by atoms with Crippen LogP contribution in [0.4, 0.5) is 11.4 Å². The molecule has 0 saturated heterocycles. The number of ether oxygens (including phenoxy) is 3. The highest BCUT2D eigenvalue weighted by Crippen LogP contribution is 2.34. The van der Waals surface area contributed by atoms with Gasteiger partial charge in [0.25, 0.3) is 11.8 Å². The number of fused-ring (bicyclic) bond motifs is 1. The Morgan fingerprint density at radius 3 is 2.31 bits per heavy atom. The summed E-state index contributed by atoms with van der Waals surface area (Å²) >= 11 is 0. The first-order chi connectivity index (χ1) is 14.1. The van der Waals surface area contributed by atoms with E-state index in [1.807, 2.05) is 0 Å². The van der Waals surface area contributed by atoms with E-state index in [0.717, 1.165) is 0 Å². The van der Waals surface area contributed by atoms with E-state index in [9.17, 15) is 9.59 Å². The van der Waals surface area contributed by atoms with Crippen molar-refractivity contribution in [2.75, 3.05) is 24.5 Å². The van der Waals surface area contributed by atoms with Crippen LogP contribution in [0.2, 0.25) is 0 Å². The summed E-state index contributed by atoms with van der Waals surface area (Å²) in [6.45, 7) is 0.154. The number of benzene rings is 2. The van der Waals surface area contributed by atoms with E-state index in [0.29, 0.717) is 28.6 Å². The predicted molar refractivity (Wildman–Crippen MR) is 106 cm³/mol. The van der Waals surface area contributed by atoms with Crippen LogP contribution in [0.25, 0.3) is 0 Å². The van der Waals surface area contributed by atoms with E-state index in [1.54, 1.807) is 49.6 Å². The van der Waals surface area contributed by atoms with Crippen LogP contribution in [0.3, 0.4) is 0 Å². The number of nitrogens with zero attached hydrogens (tertiary/aromatic N) is 1. The molecule has 0 saturated carbocycles. The molecule has 146 valence electrons. The van der Waals surface area contributed by atoms with Crippen LogP contribution >= 0.6 is 0 Å². The molecule has 8 nitrogen and oxygen atoms in total. The Labute approximate surface area is 166 Å². The van der Waals surface area contributed by atoms with Gasteiger partial charge in [0.15, 0.2) is 11.5 Å². The van der Waals surface area contributed by atoms with Gasteiger partial charge in [0, 0.05) is 35.9 Å². The molecule has 0 radical (unpaired) electrons. The number of nitrogens with one attached hydrogen (secondary N) is 2. The summed E-state index contributed by atoms with van der Waals surface area (Å²) in [6, 6.07) is 13.6. The lowest BCUT2D eigenvalue weighted by atomic mass is 10.1. The number of pyridine rings is 1. The molecular weight excluding hydrogens is 374 g/mol. The Morgan fingerprint density at radius 2 is 1.59 bits per heavy atom. The second-order valence-corrected chi connectivity index (χ2v) is 6.17. The third-order valence-corrected chi connectivity index (χ3v) is 4.22. The average molecular weight is 391 g/mol. The van der Waals surface area contributed by atoms with Crippen LogP contribution < -0.4 is 24.8 Å². The average Bonchev–Trinajstić information content (AvgIpc) is 3.22. The minimum Gasteiger partial charge on any atom is -0.497 e. The van der Waals surface area contributed by atoms with Crippen molar-refractivity contribution in [3.05, 3.63) is 72.1 Å². The Kier molecular flexibility index (Phi) is 4.98. The first kappa shape index (κ1) is 18.3. The summed E-state index contributed by atoms with van der Waals surface area (Å²) in [5.74, 6) is 1.03. The summed E-state index contributed by atoms with van der Waals surface area (Å²) < 4.78 is 15.7. The van der Waals surface area contributed by atoms with E-state index in [1.165, 1.54) is 18.5 Å². The van der Waals surface area contributed by atoms with Crippen LogP contribution in [0.1, 0.15) is 20.7 Å². The third-order valence-electron chi connectivity index (χ3n) is 4.22. The molecule has 1 aromatic heterocycles. The molecule has 8 heteroatoms. The van der Waals surface area contributed by atoms with Crippen molar-refractivity contribution < 1.29 is 23.8 Å². The van der Waals surface area contributed by atoms with Crippen LogP contribution in [0.5, 0.6) is 17.2 Å². The number of anilines is 2. The van der Waals surface area contributed by atoms with Gasteiger partial charge in [-0.2, -0.15) is 0 Å². The molecule has 1 aliphatic rings. The lowest BCUT2D eigenvalue weighted by Gasteiger charge is -2.09. The monoisotopic (exact) mass is 391 g/mol. The highest BCUT2D eigenvalue weighted by atomic mass is 16.7. The second-order valence-electron chi connectivity index (χ2n) is 6.17. The maximum absolute atomic E-state index is 12.6. The molecule has 0 spiro atoms. The van der Waals surface area contributed by atoms with Gasteiger partial charge in [-0.15, -0.1) is 0 Å². The standard InChI is InChI=1S/C21H17N3O5/c1-27-17-4-2-3-15(8-17)23-20(25)13-7-14(11-22-10-13)21(26)24-16-5-6-18-19(9-16)29-12-28-18/h2-11H,12H2,1H3,(H,23,25)(H,24,26). The molecule has 2 heterocycles. The lowest BCUT2D eigenvalue weighted by molar-refractivity contribution is 0.102. The van der Waals surface area contributed by atoms with Crippen molar-refractivity contribution in [2.45, 2.75) is 0 Å². The van der Waals surface area contributed by atoms with Gasteiger partial charge in [0.1, 0.15) is 5.75 Å². The fraction of sp³-hybridized carbons (Fsp3) is 0.0952. The van der Waals surface area contributed by atoms with Gasteiger partial charge < -0.3 is 24.8 Å². The van der Waals surface area contributed by atoms with Crippen molar-refractivity contribution in [1.29, 1.82) is 0 Å². The van der Waals surface area contributed by atoms with E-state index < -0.39 is 5.91 Å². The van der Waals surface area contributed by atoms with Crippen LogP contribution in [-0.2, 0) is 0 Å². The van der Waals surface area contributed by atoms with Crippen molar-refractivity contribution in [3.63, 3.8) is 0 Å². The number of rotatable bonds is 5. The number of carbonyl (C=O) groups is 2. The fourth-order valence-corrected chi connectivity index (χ4v) is 2.77. The molecule has 3 aromatic rings. The number of hydrogen-bond acceptors (Lipinski definition) is 6. The zero-order valence-electron chi connectivity index (χ0n) is 15.5. The lowest BCUT2D eigenvalue weighted by Crippen LogP contribution is -2.16. The van der Waals surface area contributed by atoms with E-state index in [4.69, 9.17) is 14.2 Å². The molecule has 2 aromatic carbocycles. The topological polar surface area (TPSA) is 98.8 Å². The first-order valence-corrected chi connectivity index (χ1v) is 8.74. The van der Waals surface area contributed by atoms with E-state index >= 15 is 0 Å². The Morgan fingerprint density at radius 1 is 0.897 bits per heavy atom. The summed E-state index contributed by atoms with van der Waals surface area (Å²) in [6.07, 6.45) is 2.79. The minimum absolute atomic E-state index is 0.154. The number of hydrogen-bond donors (Lipinski definition) is 2. The molecule has 1 aliphatic heterocycles. The summed E-state index contributed by atoms with van der Waals surface area (Å²) in [5.41, 5.74) is 1.63. The quantitative estimate of drug-likeness (QED) is 0.692. The number of carbonyl (C=O) groups excluding carboxylic acids is 2. The number of amides is 2. The highest BCUT2D eigenvalue weighted by Gasteiger charge is 2.16. The van der Waals surface area contributed by atoms with Gasteiger partial charge in [-0.3, -0.25) is 14.6 Å². The summed E-state index contributed by atoms with van der Waals surface area (Å²) in [5, 5.41) is 5.51. The zero-order valence-corrected chi connectivity index (χ0v) is 15.5. The van der Waals surface area contributed by atoms with Crippen molar-refractivity contribution in [2.24, 2.45) is 0 Å². The molecule has 2 N–H and O–H groups in total. The first-order valence-electron chi connectivity index (χ1n) is 8.74. The second kappa shape index (κ2) is 7.89. The van der Waals surface area contributed by atoms with Gasteiger partial charge in [0.2, 0.25) is 6.79 Å². The molecule has 2 amide bonds. The normalized spacial score (nSPS) is 11.6. The van der Waals surface area contributed by atoms with Crippen LogP contribution in [-0.4, -0.2) is 30.7 Å². The largest absolute Gasteiger partial charge is 0.497 e. The minimum atomic E-state index is -0.396. The SMILES string of the molecule is COc1cccc(NC(=O)c2cncc(C(=O)Nc3ccc4c(c3)OCO4)c2)c1. The Bertz CT molecular complexity index is 1080. The van der Waals surface area contributed by atoms with Gasteiger partial charge >= 0.3 is 0 Å². The van der Waals surface area contributed by atoms with Gasteiger partial charge in [-0.25, -0.2) is 0 Å². The summed E-state index contributed by atoms with van der Waals surface area (Å²) in [4.78, 5) is 29.1. The molecule has 0 unspecified atom stereocenters.